The number of carbonyl (C=O) groups excluding carboxylic acids is 1. The summed E-state index contributed by atoms with van der Waals surface area (Å²) in [6, 6.07) is 9.31. The normalized spacial score (nSPS) is 10.5. The Balaban J connectivity index is 2.26. The molecule has 0 radical (unpaired) electrons. The Labute approximate surface area is 162 Å². The van der Waals surface area contributed by atoms with Gasteiger partial charge in [0.2, 0.25) is 5.75 Å². The van der Waals surface area contributed by atoms with Crippen LogP contribution in [0.1, 0.15) is 29.8 Å². The van der Waals surface area contributed by atoms with Crippen molar-refractivity contribution >= 4 is 17.8 Å². The molecular weight excluding hydrogens is 366 g/mol. The number of carbonyl (C=O) groups is 1. The van der Waals surface area contributed by atoms with Crippen LogP contribution in [0.3, 0.4) is 0 Å². The van der Waals surface area contributed by atoms with Crippen LogP contribution in [0.4, 0.5) is 5.69 Å². The Hall–Kier alpha value is -3.62. The average molecular weight is 387 g/mol. The van der Waals surface area contributed by atoms with Gasteiger partial charge in [0.1, 0.15) is 11.5 Å². The Morgan fingerprint density at radius 1 is 1.18 bits per heavy atom. The number of nitro benzene ring substituents is 1. The largest absolute Gasteiger partial charge is 0.497 e. The third kappa shape index (κ3) is 5.19. The molecule has 0 aromatic heterocycles. The van der Waals surface area contributed by atoms with Gasteiger partial charge < -0.3 is 14.2 Å². The molecule has 9 nitrogen and oxygen atoms in total. The number of hydrogen-bond acceptors (Lipinski definition) is 7. The van der Waals surface area contributed by atoms with Gasteiger partial charge in [0, 0.05) is 23.3 Å². The number of amides is 1. The first-order chi connectivity index (χ1) is 13.5. The summed E-state index contributed by atoms with van der Waals surface area (Å²) in [5.41, 5.74) is 2.85. The minimum Gasteiger partial charge on any atom is -0.497 e. The highest BCUT2D eigenvalue weighted by Gasteiger charge is 2.19. The number of rotatable bonds is 9. The number of benzene rings is 2. The van der Waals surface area contributed by atoms with Gasteiger partial charge in [-0.05, 0) is 32.0 Å². The topological polar surface area (TPSA) is 112 Å². The molecule has 0 aliphatic rings. The van der Waals surface area contributed by atoms with E-state index >= 15 is 0 Å². The SMILES string of the molecule is CCOc1cc(OCC)c([N+](=O)[O-])cc1/C=N/NC(=O)c1cccc(OC)c1. The smallest absolute Gasteiger partial charge is 0.311 e. The summed E-state index contributed by atoms with van der Waals surface area (Å²) in [6.45, 7) is 4.14. The summed E-state index contributed by atoms with van der Waals surface area (Å²) in [5, 5.41) is 15.2. The molecule has 0 atom stereocenters. The molecular formula is C19H21N3O6. The molecule has 0 heterocycles. The van der Waals surface area contributed by atoms with Crippen molar-refractivity contribution < 1.29 is 23.9 Å². The molecule has 9 heteroatoms. The first-order valence-corrected chi connectivity index (χ1v) is 8.55. The number of hydrazone groups is 1. The van der Waals surface area contributed by atoms with E-state index in [4.69, 9.17) is 14.2 Å². The van der Waals surface area contributed by atoms with Crippen molar-refractivity contribution in [1.82, 2.24) is 5.43 Å². The van der Waals surface area contributed by atoms with E-state index in [1.54, 1.807) is 38.1 Å². The van der Waals surface area contributed by atoms with Crippen molar-refractivity contribution in [2.75, 3.05) is 20.3 Å². The van der Waals surface area contributed by atoms with Gasteiger partial charge in [0.25, 0.3) is 5.91 Å². The number of hydrogen-bond donors (Lipinski definition) is 1. The van der Waals surface area contributed by atoms with Gasteiger partial charge in [-0.15, -0.1) is 0 Å². The van der Waals surface area contributed by atoms with Gasteiger partial charge in [-0.1, -0.05) is 6.07 Å². The van der Waals surface area contributed by atoms with Crippen molar-refractivity contribution in [3.8, 4) is 17.2 Å². The highest BCUT2D eigenvalue weighted by molar-refractivity contribution is 5.95. The maximum atomic E-state index is 12.2. The highest BCUT2D eigenvalue weighted by atomic mass is 16.6. The molecule has 1 amide bonds. The lowest BCUT2D eigenvalue weighted by Gasteiger charge is -2.10. The van der Waals surface area contributed by atoms with Crippen molar-refractivity contribution in [2.45, 2.75) is 13.8 Å². The lowest BCUT2D eigenvalue weighted by Crippen LogP contribution is -2.17. The molecule has 0 spiro atoms. The second-order valence-corrected chi connectivity index (χ2v) is 5.41. The maximum absolute atomic E-state index is 12.2. The zero-order chi connectivity index (χ0) is 20.5. The van der Waals surface area contributed by atoms with E-state index < -0.39 is 10.8 Å². The molecule has 0 unspecified atom stereocenters. The number of nitro groups is 1. The Bertz CT molecular complexity index is 882. The molecule has 2 rings (SSSR count). The van der Waals surface area contributed by atoms with Crippen LogP contribution in [-0.4, -0.2) is 37.4 Å². The van der Waals surface area contributed by atoms with Crippen LogP contribution in [0.25, 0.3) is 0 Å². The second-order valence-electron chi connectivity index (χ2n) is 5.41. The molecule has 148 valence electrons. The minimum absolute atomic E-state index is 0.105. The van der Waals surface area contributed by atoms with Crippen LogP contribution in [0.15, 0.2) is 41.5 Å². The zero-order valence-corrected chi connectivity index (χ0v) is 15.8. The fourth-order valence-corrected chi connectivity index (χ4v) is 2.35. The molecule has 0 saturated heterocycles. The van der Waals surface area contributed by atoms with E-state index in [0.29, 0.717) is 29.2 Å². The van der Waals surface area contributed by atoms with Gasteiger partial charge >= 0.3 is 5.69 Å². The summed E-state index contributed by atoms with van der Waals surface area (Å²) in [7, 11) is 1.50. The molecule has 0 bridgehead atoms. The number of nitrogens with one attached hydrogen (secondary N) is 1. The fourth-order valence-electron chi connectivity index (χ4n) is 2.35. The molecule has 0 aliphatic carbocycles. The number of nitrogens with zero attached hydrogens (tertiary/aromatic N) is 2. The molecule has 2 aromatic carbocycles. The number of methoxy groups -OCH3 is 1. The summed E-state index contributed by atoms with van der Waals surface area (Å²) < 4.78 is 15.9. The molecule has 2 aromatic rings. The summed E-state index contributed by atoms with van der Waals surface area (Å²) in [6.07, 6.45) is 1.28. The minimum atomic E-state index is -0.549. The van der Waals surface area contributed by atoms with Crippen LogP contribution in [0.2, 0.25) is 0 Å². The fraction of sp³-hybridized carbons (Fsp3) is 0.263. The summed E-state index contributed by atoms with van der Waals surface area (Å²) >= 11 is 0. The van der Waals surface area contributed by atoms with Crippen LogP contribution in [0, 0.1) is 10.1 Å². The summed E-state index contributed by atoms with van der Waals surface area (Å²) in [5.74, 6) is 0.551. The van der Waals surface area contributed by atoms with E-state index in [1.165, 1.54) is 25.5 Å². The molecule has 0 aliphatic heterocycles. The Morgan fingerprint density at radius 2 is 1.89 bits per heavy atom. The van der Waals surface area contributed by atoms with Crippen LogP contribution in [-0.2, 0) is 0 Å². The predicted octanol–water partition coefficient (Wildman–Crippen LogP) is 3.16. The molecule has 0 saturated carbocycles. The van der Waals surface area contributed by atoms with Gasteiger partial charge in [-0.2, -0.15) is 5.10 Å². The van der Waals surface area contributed by atoms with Crippen LogP contribution in [0.5, 0.6) is 17.2 Å². The monoisotopic (exact) mass is 387 g/mol. The predicted molar refractivity (Wildman–Crippen MR) is 103 cm³/mol. The standard InChI is InChI=1S/C19H21N3O6/c1-4-27-17-11-18(28-5-2)16(22(24)25)10-14(17)12-20-21-19(23)13-7-6-8-15(9-13)26-3/h6-12H,4-5H2,1-3H3,(H,21,23)/b20-12+. The second kappa shape index (κ2) is 9.91. The van der Waals surface area contributed by atoms with Crippen molar-refractivity contribution in [2.24, 2.45) is 5.10 Å². The van der Waals surface area contributed by atoms with Crippen molar-refractivity contribution in [3.05, 3.63) is 57.6 Å². The van der Waals surface area contributed by atoms with Gasteiger partial charge in [-0.3, -0.25) is 14.9 Å². The first kappa shape index (κ1) is 20.7. The van der Waals surface area contributed by atoms with Crippen molar-refractivity contribution in [3.63, 3.8) is 0 Å². The first-order valence-electron chi connectivity index (χ1n) is 8.55. The molecule has 28 heavy (non-hydrogen) atoms. The lowest BCUT2D eigenvalue weighted by molar-refractivity contribution is -0.385. The van der Waals surface area contributed by atoms with Crippen molar-refractivity contribution in [1.29, 1.82) is 0 Å². The number of ether oxygens (including phenoxy) is 3. The quantitative estimate of drug-likeness (QED) is 0.402. The molecule has 1 N–H and O–H groups in total. The van der Waals surface area contributed by atoms with E-state index in [0.717, 1.165) is 0 Å². The Kier molecular flexibility index (Phi) is 7.32. The highest BCUT2D eigenvalue weighted by Crippen LogP contribution is 2.34. The van der Waals surface area contributed by atoms with Gasteiger partial charge in [-0.25, -0.2) is 5.43 Å². The van der Waals surface area contributed by atoms with Crippen LogP contribution < -0.4 is 19.6 Å². The molecule has 0 fully saturated rings. The van der Waals surface area contributed by atoms with Gasteiger partial charge in [0.05, 0.1) is 31.5 Å². The van der Waals surface area contributed by atoms with E-state index in [2.05, 4.69) is 10.5 Å². The third-order valence-corrected chi connectivity index (χ3v) is 3.59. The van der Waals surface area contributed by atoms with E-state index in [1.807, 2.05) is 0 Å². The average Bonchev–Trinajstić information content (AvgIpc) is 2.69. The Morgan fingerprint density at radius 3 is 2.54 bits per heavy atom. The maximum Gasteiger partial charge on any atom is 0.311 e. The summed E-state index contributed by atoms with van der Waals surface area (Å²) in [4.78, 5) is 22.9. The lowest BCUT2D eigenvalue weighted by atomic mass is 10.1. The van der Waals surface area contributed by atoms with Gasteiger partial charge in [0.15, 0.2) is 0 Å². The zero-order valence-electron chi connectivity index (χ0n) is 15.8. The van der Waals surface area contributed by atoms with E-state index in [-0.39, 0.29) is 18.0 Å². The van der Waals surface area contributed by atoms with E-state index in [9.17, 15) is 14.9 Å². The third-order valence-electron chi connectivity index (χ3n) is 3.59. The van der Waals surface area contributed by atoms with Crippen LogP contribution >= 0.6 is 0 Å².